The molecular formula is C17H11ClF3N3. The van der Waals surface area contributed by atoms with Gasteiger partial charge in [-0.25, -0.2) is 0 Å². The lowest BCUT2D eigenvalue weighted by Crippen LogP contribution is -2.03. The van der Waals surface area contributed by atoms with Gasteiger partial charge in [-0.1, -0.05) is 18.2 Å². The fourth-order valence-corrected chi connectivity index (χ4v) is 2.30. The number of aromatic amines is 1. The SMILES string of the molecule is Cl.N#Cc1ccc(-c2ccc(C(F)(F)F)cc2)cc1-c1cc[nH]n1. The minimum absolute atomic E-state index is 0. The minimum Gasteiger partial charge on any atom is -0.285 e. The van der Waals surface area contributed by atoms with Crippen molar-refractivity contribution >= 4 is 12.4 Å². The Morgan fingerprint density at radius 2 is 1.62 bits per heavy atom. The van der Waals surface area contributed by atoms with Crippen LogP contribution in [0.1, 0.15) is 11.1 Å². The number of nitrogens with zero attached hydrogens (tertiary/aromatic N) is 2. The van der Waals surface area contributed by atoms with Gasteiger partial charge in [-0.2, -0.15) is 23.5 Å². The van der Waals surface area contributed by atoms with Gasteiger partial charge in [0.1, 0.15) is 0 Å². The predicted octanol–water partition coefficient (Wildman–Crippen LogP) is 5.06. The van der Waals surface area contributed by atoms with Crippen molar-refractivity contribution in [1.82, 2.24) is 10.2 Å². The molecule has 0 amide bonds. The zero-order chi connectivity index (χ0) is 16.4. The number of benzene rings is 2. The van der Waals surface area contributed by atoms with Crippen LogP contribution in [0.25, 0.3) is 22.4 Å². The smallest absolute Gasteiger partial charge is 0.285 e. The summed E-state index contributed by atoms with van der Waals surface area (Å²) in [5, 5.41) is 15.9. The number of nitriles is 1. The van der Waals surface area contributed by atoms with E-state index in [1.54, 1.807) is 30.5 Å². The molecule has 0 radical (unpaired) electrons. The number of rotatable bonds is 2. The standard InChI is InChI=1S/C17H10F3N3.ClH/c18-17(19,20)14-5-3-11(4-6-14)12-1-2-13(10-21)15(9-12)16-7-8-22-23-16;/h1-9H,(H,22,23);1H. The highest BCUT2D eigenvalue weighted by molar-refractivity contribution is 5.85. The summed E-state index contributed by atoms with van der Waals surface area (Å²) in [5.41, 5.74) is 2.35. The number of hydrogen-bond acceptors (Lipinski definition) is 2. The van der Waals surface area contributed by atoms with Crippen LogP contribution in [0.4, 0.5) is 13.2 Å². The van der Waals surface area contributed by atoms with Gasteiger partial charge >= 0.3 is 6.18 Å². The second-order valence-electron chi connectivity index (χ2n) is 4.91. The lowest BCUT2D eigenvalue weighted by molar-refractivity contribution is -0.137. The highest BCUT2D eigenvalue weighted by Crippen LogP contribution is 2.32. The number of hydrogen-bond donors (Lipinski definition) is 1. The summed E-state index contributed by atoms with van der Waals surface area (Å²) in [6, 6.07) is 13.8. The van der Waals surface area contributed by atoms with Crippen molar-refractivity contribution in [3.8, 4) is 28.5 Å². The minimum atomic E-state index is -4.36. The molecule has 0 aliphatic heterocycles. The van der Waals surface area contributed by atoms with E-state index < -0.39 is 11.7 Å². The molecule has 0 aliphatic carbocycles. The van der Waals surface area contributed by atoms with Gasteiger partial charge < -0.3 is 0 Å². The molecule has 0 aliphatic rings. The van der Waals surface area contributed by atoms with E-state index >= 15 is 0 Å². The van der Waals surface area contributed by atoms with Crippen LogP contribution in [0.3, 0.4) is 0 Å². The summed E-state index contributed by atoms with van der Waals surface area (Å²) in [4.78, 5) is 0. The zero-order valence-corrected chi connectivity index (χ0v) is 12.9. The third-order valence-corrected chi connectivity index (χ3v) is 3.46. The summed E-state index contributed by atoms with van der Waals surface area (Å²) in [5.74, 6) is 0. The topological polar surface area (TPSA) is 52.5 Å². The Morgan fingerprint density at radius 3 is 2.17 bits per heavy atom. The molecule has 0 saturated carbocycles. The lowest BCUT2D eigenvalue weighted by atomic mass is 9.97. The molecule has 3 aromatic rings. The van der Waals surface area contributed by atoms with Crippen LogP contribution >= 0.6 is 12.4 Å². The molecule has 0 unspecified atom stereocenters. The highest BCUT2D eigenvalue weighted by Gasteiger charge is 2.29. The highest BCUT2D eigenvalue weighted by atomic mass is 35.5. The van der Waals surface area contributed by atoms with E-state index in [4.69, 9.17) is 0 Å². The maximum Gasteiger partial charge on any atom is 0.416 e. The van der Waals surface area contributed by atoms with E-state index in [0.29, 0.717) is 22.4 Å². The van der Waals surface area contributed by atoms with Gasteiger partial charge in [-0.05, 0) is 41.5 Å². The van der Waals surface area contributed by atoms with Crippen molar-refractivity contribution in [1.29, 1.82) is 5.26 Å². The van der Waals surface area contributed by atoms with E-state index in [1.165, 1.54) is 12.1 Å². The first-order valence-corrected chi connectivity index (χ1v) is 6.71. The predicted molar refractivity (Wildman–Crippen MR) is 86.4 cm³/mol. The first kappa shape index (κ1) is 17.6. The molecule has 7 heteroatoms. The van der Waals surface area contributed by atoms with Crippen LogP contribution in [0.2, 0.25) is 0 Å². The van der Waals surface area contributed by atoms with Gasteiger partial charge in [-0.15, -0.1) is 12.4 Å². The first-order valence-electron chi connectivity index (χ1n) is 6.71. The van der Waals surface area contributed by atoms with Crippen LogP contribution in [-0.4, -0.2) is 10.2 Å². The Bertz CT molecular complexity index is 864. The van der Waals surface area contributed by atoms with E-state index in [-0.39, 0.29) is 12.4 Å². The maximum absolute atomic E-state index is 12.6. The lowest BCUT2D eigenvalue weighted by Gasteiger charge is -2.09. The number of H-pyrrole nitrogens is 1. The van der Waals surface area contributed by atoms with Crippen molar-refractivity contribution in [2.24, 2.45) is 0 Å². The van der Waals surface area contributed by atoms with Gasteiger partial charge in [0.05, 0.1) is 22.9 Å². The summed E-state index contributed by atoms with van der Waals surface area (Å²) < 4.78 is 37.9. The van der Waals surface area contributed by atoms with Gasteiger partial charge in [0.25, 0.3) is 0 Å². The van der Waals surface area contributed by atoms with Crippen molar-refractivity contribution < 1.29 is 13.2 Å². The first-order chi connectivity index (χ1) is 11.0. The fraction of sp³-hybridized carbons (Fsp3) is 0.0588. The Hall–Kier alpha value is -2.78. The fourth-order valence-electron chi connectivity index (χ4n) is 2.30. The number of halogens is 4. The van der Waals surface area contributed by atoms with Crippen LogP contribution in [0.15, 0.2) is 54.7 Å². The summed E-state index contributed by atoms with van der Waals surface area (Å²) in [6.07, 6.45) is -2.72. The van der Waals surface area contributed by atoms with Crippen molar-refractivity contribution in [2.45, 2.75) is 6.18 Å². The van der Waals surface area contributed by atoms with E-state index in [2.05, 4.69) is 16.3 Å². The Kier molecular flexibility index (Phi) is 4.96. The van der Waals surface area contributed by atoms with Gasteiger partial charge in [0.2, 0.25) is 0 Å². The molecule has 0 bridgehead atoms. The molecule has 0 spiro atoms. The van der Waals surface area contributed by atoms with Gasteiger partial charge in [0, 0.05) is 11.8 Å². The van der Waals surface area contributed by atoms with Crippen molar-refractivity contribution in [3.63, 3.8) is 0 Å². The molecule has 1 heterocycles. The van der Waals surface area contributed by atoms with E-state index in [9.17, 15) is 18.4 Å². The van der Waals surface area contributed by atoms with Gasteiger partial charge in [0.15, 0.2) is 0 Å². The quantitative estimate of drug-likeness (QED) is 0.703. The second kappa shape index (κ2) is 6.77. The summed E-state index contributed by atoms with van der Waals surface area (Å²) in [6.45, 7) is 0. The van der Waals surface area contributed by atoms with Crippen LogP contribution in [0.5, 0.6) is 0 Å². The third kappa shape index (κ3) is 3.42. The average molecular weight is 350 g/mol. The Balaban J connectivity index is 0.00000208. The molecule has 3 rings (SSSR count). The molecule has 1 N–H and O–H groups in total. The van der Waals surface area contributed by atoms with Crippen molar-refractivity contribution in [2.75, 3.05) is 0 Å². The average Bonchev–Trinajstić information content (AvgIpc) is 3.08. The maximum atomic E-state index is 12.6. The molecule has 0 fully saturated rings. The summed E-state index contributed by atoms with van der Waals surface area (Å²) >= 11 is 0. The second-order valence-corrected chi connectivity index (χ2v) is 4.91. The van der Waals surface area contributed by atoms with E-state index in [0.717, 1.165) is 17.7 Å². The molecule has 3 nitrogen and oxygen atoms in total. The normalized spacial score (nSPS) is 10.8. The molecule has 2 aromatic carbocycles. The van der Waals surface area contributed by atoms with Gasteiger partial charge in [-0.3, -0.25) is 5.10 Å². The Morgan fingerprint density at radius 1 is 0.958 bits per heavy atom. The number of nitrogens with one attached hydrogen (secondary N) is 1. The molecule has 24 heavy (non-hydrogen) atoms. The zero-order valence-electron chi connectivity index (χ0n) is 12.1. The van der Waals surface area contributed by atoms with Crippen LogP contribution < -0.4 is 0 Å². The molecular weight excluding hydrogens is 339 g/mol. The number of aromatic nitrogens is 2. The molecule has 122 valence electrons. The number of alkyl halides is 3. The Labute approximate surface area is 142 Å². The van der Waals surface area contributed by atoms with Crippen molar-refractivity contribution in [3.05, 3.63) is 65.9 Å². The molecule has 0 atom stereocenters. The van der Waals surface area contributed by atoms with Crippen LogP contribution in [-0.2, 0) is 6.18 Å². The molecule has 1 aromatic heterocycles. The molecule has 0 saturated heterocycles. The largest absolute Gasteiger partial charge is 0.416 e. The third-order valence-electron chi connectivity index (χ3n) is 3.46. The summed E-state index contributed by atoms with van der Waals surface area (Å²) in [7, 11) is 0. The van der Waals surface area contributed by atoms with E-state index in [1.807, 2.05) is 0 Å². The monoisotopic (exact) mass is 349 g/mol. The van der Waals surface area contributed by atoms with Crippen LogP contribution in [0, 0.1) is 11.3 Å².